The summed E-state index contributed by atoms with van der Waals surface area (Å²) < 4.78 is 5.70. The maximum Gasteiger partial charge on any atom is 0.241 e. The van der Waals surface area contributed by atoms with Gasteiger partial charge in [0.05, 0.1) is 13.7 Å². The first-order valence-corrected chi connectivity index (χ1v) is 11.5. The minimum absolute atomic E-state index is 0.0821. The molecule has 0 aliphatic carbocycles. The van der Waals surface area contributed by atoms with Crippen molar-refractivity contribution in [2.75, 3.05) is 56.3 Å². The molecule has 3 rings (SSSR count). The Morgan fingerprint density at radius 1 is 1.27 bits per heavy atom. The van der Waals surface area contributed by atoms with Gasteiger partial charge in [0, 0.05) is 55.2 Å². The van der Waals surface area contributed by atoms with E-state index in [1.165, 1.54) is 0 Å². The number of carbonyl (C=O) groups is 1. The van der Waals surface area contributed by atoms with Crippen LogP contribution in [-0.2, 0) is 11.2 Å². The van der Waals surface area contributed by atoms with Crippen molar-refractivity contribution in [1.29, 1.82) is 0 Å². The predicted molar refractivity (Wildman–Crippen MR) is 131 cm³/mol. The van der Waals surface area contributed by atoms with Crippen LogP contribution in [0.1, 0.15) is 43.0 Å². The fraction of sp³-hybridized carbons (Fsp3) is 0.542. The van der Waals surface area contributed by atoms with Crippen LogP contribution in [0.2, 0.25) is 0 Å². The number of methoxy groups -OCH3 is 1. The molecular formula is C24H36N6O3. The number of piperazine rings is 1. The molecule has 9 heteroatoms. The molecule has 1 atom stereocenters. The van der Waals surface area contributed by atoms with Crippen LogP contribution in [0.3, 0.4) is 0 Å². The van der Waals surface area contributed by atoms with Gasteiger partial charge in [0.2, 0.25) is 11.9 Å². The minimum atomic E-state index is 0.0821. The van der Waals surface area contributed by atoms with Crippen LogP contribution >= 0.6 is 0 Å². The second-order valence-corrected chi connectivity index (χ2v) is 8.59. The lowest BCUT2D eigenvalue weighted by atomic mass is 10.0. The normalized spacial score (nSPS) is 15.5. The molecule has 9 nitrogen and oxygen atoms in total. The third-order valence-electron chi connectivity index (χ3n) is 6.05. The van der Waals surface area contributed by atoms with E-state index in [1.54, 1.807) is 12.0 Å². The van der Waals surface area contributed by atoms with E-state index in [1.807, 2.05) is 37.1 Å². The van der Waals surface area contributed by atoms with Crippen molar-refractivity contribution >= 4 is 23.4 Å². The fourth-order valence-electron chi connectivity index (χ4n) is 4.24. The lowest BCUT2D eigenvalue weighted by Crippen LogP contribution is -2.48. The first-order chi connectivity index (χ1) is 15.9. The molecule has 1 aliphatic rings. The molecule has 4 N–H and O–H groups in total. The number of hydrogen-bond donors (Lipinski definition) is 3. The lowest BCUT2D eigenvalue weighted by molar-refractivity contribution is -0.120. The Hall–Kier alpha value is -2.91. The van der Waals surface area contributed by atoms with Crippen LogP contribution in [-0.4, -0.2) is 72.3 Å². The molecule has 1 unspecified atom stereocenters. The van der Waals surface area contributed by atoms with E-state index in [0.29, 0.717) is 37.5 Å². The van der Waals surface area contributed by atoms with Gasteiger partial charge < -0.3 is 25.8 Å². The number of nitrogens with zero attached hydrogens (tertiary/aromatic N) is 4. The third kappa shape index (κ3) is 6.11. The Morgan fingerprint density at radius 3 is 2.73 bits per heavy atom. The van der Waals surface area contributed by atoms with Gasteiger partial charge in [-0.05, 0) is 38.4 Å². The number of carbonyl (C=O) groups excluding carboxylic acids is 1. The molecular weight excluding hydrogens is 420 g/mol. The molecule has 1 aliphatic heterocycles. The number of nitrogens with two attached hydrogens (primary N) is 1. The molecule has 0 saturated carbocycles. The Balaban J connectivity index is 1.90. The van der Waals surface area contributed by atoms with E-state index in [2.05, 4.69) is 22.2 Å². The van der Waals surface area contributed by atoms with Crippen molar-refractivity contribution in [1.82, 2.24) is 14.9 Å². The quantitative estimate of drug-likeness (QED) is 0.498. The monoisotopic (exact) mass is 456 g/mol. The number of nitrogens with one attached hydrogen (secondary N) is 1. The number of aliphatic hydroxyl groups is 1. The van der Waals surface area contributed by atoms with E-state index in [9.17, 15) is 9.90 Å². The Labute approximate surface area is 196 Å². The van der Waals surface area contributed by atoms with E-state index < -0.39 is 0 Å². The summed E-state index contributed by atoms with van der Waals surface area (Å²) in [6.07, 6.45) is 3.09. The van der Waals surface area contributed by atoms with Gasteiger partial charge in [-0.2, -0.15) is 4.98 Å². The minimum Gasteiger partial charge on any atom is -0.496 e. The summed E-state index contributed by atoms with van der Waals surface area (Å²) in [6.45, 7) is 6.04. The maximum atomic E-state index is 12.5. The number of likely N-dealkylation sites (N-methyl/N-ethyl adjacent to an activating group) is 1. The van der Waals surface area contributed by atoms with Gasteiger partial charge in [0.1, 0.15) is 11.6 Å². The van der Waals surface area contributed by atoms with Crippen LogP contribution < -0.4 is 20.7 Å². The summed E-state index contributed by atoms with van der Waals surface area (Å²) in [5, 5.41) is 12.9. The number of aromatic nitrogens is 2. The van der Waals surface area contributed by atoms with E-state index >= 15 is 0 Å². The molecule has 1 aromatic carbocycles. The summed E-state index contributed by atoms with van der Waals surface area (Å²) in [7, 11) is 3.59. The number of aliphatic hydroxyl groups excluding tert-OH is 1. The number of ether oxygens (including phenoxy) is 1. The van der Waals surface area contributed by atoms with Gasteiger partial charge in [-0.3, -0.25) is 9.69 Å². The van der Waals surface area contributed by atoms with Crippen molar-refractivity contribution in [3.8, 4) is 5.75 Å². The summed E-state index contributed by atoms with van der Waals surface area (Å²) in [6, 6.07) is 5.98. The number of nitrogen functional groups attached to an aromatic ring is 1. The molecule has 1 amide bonds. The molecule has 2 aromatic rings. The van der Waals surface area contributed by atoms with Gasteiger partial charge in [0.15, 0.2) is 0 Å². The molecule has 33 heavy (non-hydrogen) atoms. The maximum absolute atomic E-state index is 12.5. The average Bonchev–Trinajstić information content (AvgIpc) is 2.76. The van der Waals surface area contributed by atoms with Gasteiger partial charge >= 0.3 is 0 Å². The van der Waals surface area contributed by atoms with Crippen molar-refractivity contribution < 1.29 is 14.6 Å². The zero-order valence-corrected chi connectivity index (χ0v) is 20.1. The average molecular weight is 457 g/mol. The van der Waals surface area contributed by atoms with E-state index in [-0.39, 0.29) is 24.5 Å². The number of amides is 1. The van der Waals surface area contributed by atoms with Gasteiger partial charge in [-0.25, -0.2) is 4.98 Å². The zero-order valence-electron chi connectivity index (χ0n) is 20.1. The Kier molecular flexibility index (Phi) is 8.46. The van der Waals surface area contributed by atoms with Crippen LogP contribution in [0.5, 0.6) is 5.75 Å². The van der Waals surface area contributed by atoms with E-state index in [4.69, 9.17) is 10.5 Å². The number of hydrogen-bond acceptors (Lipinski definition) is 8. The number of anilines is 3. The molecule has 1 aromatic heterocycles. The molecule has 0 bridgehead atoms. The second kappa shape index (κ2) is 11.3. The SMILES string of the molecule is CCCC(CCO)Nc1nc(N)nc(C)c1Cc1ccc(N2CCN(C)CC2=O)cc1OC. The van der Waals surface area contributed by atoms with Crippen LogP contribution in [0, 0.1) is 6.92 Å². The molecule has 0 spiro atoms. The predicted octanol–water partition coefficient (Wildman–Crippen LogP) is 2.21. The topological polar surface area (TPSA) is 117 Å². The van der Waals surface area contributed by atoms with Gasteiger partial charge in [-0.15, -0.1) is 0 Å². The summed E-state index contributed by atoms with van der Waals surface area (Å²) in [5.41, 5.74) is 9.49. The molecule has 0 radical (unpaired) electrons. The first-order valence-electron chi connectivity index (χ1n) is 11.5. The van der Waals surface area contributed by atoms with Crippen LogP contribution in [0.25, 0.3) is 0 Å². The summed E-state index contributed by atoms with van der Waals surface area (Å²) >= 11 is 0. The first kappa shape index (κ1) is 24.7. The zero-order chi connectivity index (χ0) is 24.0. The van der Waals surface area contributed by atoms with Crippen molar-refractivity contribution in [2.24, 2.45) is 0 Å². The Bertz CT molecular complexity index is 961. The number of aryl methyl sites for hydroxylation is 1. The number of rotatable bonds is 10. The van der Waals surface area contributed by atoms with Crippen molar-refractivity contribution in [3.05, 3.63) is 35.0 Å². The van der Waals surface area contributed by atoms with Crippen LogP contribution in [0.15, 0.2) is 18.2 Å². The number of benzene rings is 1. The second-order valence-electron chi connectivity index (χ2n) is 8.59. The fourth-order valence-corrected chi connectivity index (χ4v) is 4.24. The van der Waals surface area contributed by atoms with E-state index in [0.717, 1.165) is 41.9 Å². The largest absolute Gasteiger partial charge is 0.496 e. The summed E-state index contributed by atoms with van der Waals surface area (Å²) in [4.78, 5) is 25.2. The molecule has 1 saturated heterocycles. The van der Waals surface area contributed by atoms with Crippen molar-refractivity contribution in [3.63, 3.8) is 0 Å². The van der Waals surface area contributed by atoms with Crippen LogP contribution in [0.4, 0.5) is 17.5 Å². The standard InChI is InChI=1S/C24H36N6O3/c1-5-6-18(9-12-31)27-23-20(16(2)26-24(25)28-23)13-17-7-8-19(14-21(17)33-4)30-11-10-29(3)15-22(30)32/h7-8,14,18,31H,5-6,9-13,15H2,1-4H3,(H3,25,26,27,28). The molecule has 2 heterocycles. The highest BCUT2D eigenvalue weighted by molar-refractivity contribution is 5.95. The highest BCUT2D eigenvalue weighted by Crippen LogP contribution is 2.31. The summed E-state index contributed by atoms with van der Waals surface area (Å²) in [5.74, 6) is 1.70. The molecule has 180 valence electrons. The smallest absolute Gasteiger partial charge is 0.241 e. The van der Waals surface area contributed by atoms with Crippen molar-refractivity contribution in [2.45, 2.75) is 45.6 Å². The molecule has 1 fully saturated rings. The third-order valence-corrected chi connectivity index (χ3v) is 6.05. The highest BCUT2D eigenvalue weighted by Gasteiger charge is 2.24. The highest BCUT2D eigenvalue weighted by atomic mass is 16.5. The van der Waals surface area contributed by atoms with Gasteiger partial charge in [-0.1, -0.05) is 19.4 Å². The van der Waals surface area contributed by atoms with Gasteiger partial charge in [0.25, 0.3) is 0 Å². The Morgan fingerprint density at radius 2 is 2.06 bits per heavy atom. The lowest BCUT2D eigenvalue weighted by Gasteiger charge is -2.32.